The van der Waals surface area contributed by atoms with Crippen LogP contribution in [0.1, 0.15) is 55.7 Å². The molecule has 3 N–H and O–H groups in total. The predicted molar refractivity (Wildman–Crippen MR) is 99.4 cm³/mol. The normalized spacial score (nSPS) is 20.0. The maximum Gasteiger partial charge on any atom is 0.217 e. The van der Waals surface area contributed by atoms with Crippen LogP contribution in [0.4, 0.5) is 0 Å². The average Bonchev–Trinajstić information content (AvgIpc) is 2.89. The fourth-order valence-corrected chi connectivity index (χ4v) is 4.61. The summed E-state index contributed by atoms with van der Waals surface area (Å²) in [5.74, 6) is 0.447. The molecule has 0 atom stereocenters. The summed E-state index contributed by atoms with van der Waals surface area (Å²) in [6.07, 6.45) is 7.31. The van der Waals surface area contributed by atoms with E-state index in [1.54, 1.807) is 0 Å². The summed E-state index contributed by atoms with van der Waals surface area (Å²) in [6, 6.07) is 6.86. The fourth-order valence-electron chi connectivity index (χ4n) is 4.61. The highest BCUT2D eigenvalue weighted by Gasteiger charge is 2.40. The minimum Gasteiger partial charge on any atom is -0.370 e. The van der Waals surface area contributed by atoms with Crippen molar-refractivity contribution in [2.45, 2.75) is 50.9 Å². The van der Waals surface area contributed by atoms with Gasteiger partial charge in [-0.2, -0.15) is 5.10 Å². The number of nitrogens with one attached hydrogen (secondary N) is 1. The van der Waals surface area contributed by atoms with Crippen molar-refractivity contribution in [3.8, 4) is 0 Å². The highest BCUT2D eigenvalue weighted by atomic mass is 16.1. The third-order valence-corrected chi connectivity index (χ3v) is 6.31. The summed E-state index contributed by atoms with van der Waals surface area (Å²) >= 11 is 0. The number of primary amides is 1. The Hall–Kier alpha value is -1.88. The van der Waals surface area contributed by atoms with E-state index in [1.807, 2.05) is 11.7 Å². The molecule has 1 saturated heterocycles. The first-order valence-corrected chi connectivity index (χ1v) is 9.51. The van der Waals surface area contributed by atoms with Crippen molar-refractivity contribution >= 4 is 16.8 Å². The summed E-state index contributed by atoms with van der Waals surface area (Å²) < 4.78 is 1.98. The van der Waals surface area contributed by atoms with Crippen LogP contribution < -0.4 is 11.1 Å². The van der Waals surface area contributed by atoms with Crippen molar-refractivity contribution in [2.75, 3.05) is 13.1 Å². The smallest absolute Gasteiger partial charge is 0.217 e. The Balaban J connectivity index is 1.50. The van der Waals surface area contributed by atoms with Crippen LogP contribution in [0.3, 0.4) is 0 Å². The second kappa shape index (κ2) is 6.45. The molecule has 134 valence electrons. The van der Waals surface area contributed by atoms with Gasteiger partial charge in [0.15, 0.2) is 0 Å². The number of carbonyl (C=O) groups is 1. The first kappa shape index (κ1) is 16.6. The number of hydrogen-bond acceptors (Lipinski definition) is 3. The van der Waals surface area contributed by atoms with Crippen LogP contribution in [-0.4, -0.2) is 28.8 Å². The second-order valence-electron chi connectivity index (χ2n) is 8.04. The maximum absolute atomic E-state index is 10.9. The summed E-state index contributed by atoms with van der Waals surface area (Å²) in [5.41, 5.74) is 9.60. The number of aryl methyl sites for hydroxylation is 2. The molecule has 2 fully saturated rings. The van der Waals surface area contributed by atoms with Gasteiger partial charge in [0.1, 0.15) is 0 Å². The molecule has 5 nitrogen and oxygen atoms in total. The predicted octanol–water partition coefficient (Wildman–Crippen LogP) is 2.63. The van der Waals surface area contributed by atoms with E-state index < -0.39 is 0 Å². The second-order valence-corrected chi connectivity index (χ2v) is 8.04. The van der Waals surface area contributed by atoms with Crippen LogP contribution in [0, 0.1) is 5.41 Å². The van der Waals surface area contributed by atoms with Gasteiger partial charge >= 0.3 is 0 Å². The molecule has 4 rings (SSSR count). The van der Waals surface area contributed by atoms with E-state index in [0.29, 0.717) is 17.8 Å². The monoisotopic (exact) mass is 340 g/mol. The van der Waals surface area contributed by atoms with E-state index in [0.717, 1.165) is 18.5 Å². The zero-order chi connectivity index (χ0) is 17.4. The first-order chi connectivity index (χ1) is 12.1. The van der Waals surface area contributed by atoms with Crippen LogP contribution >= 0.6 is 0 Å². The molecule has 1 aromatic heterocycles. The van der Waals surface area contributed by atoms with Gasteiger partial charge in [-0.3, -0.25) is 9.48 Å². The maximum atomic E-state index is 10.9. The topological polar surface area (TPSA) is 72.9 Å². The minimum absolute atomic E-state index is 0.237. The van der Waals surface area contributed by atoms with Gasteiger partial charge in [0.2, 0.25) is 5.91 Å². The van der Waals surface area contributed by atoms with E-state index in [9.17, 15) is 4.79 Å². The molecule has 2 heterocycles. The first-order valence-electron chi connectivity index (χ1n) is 9.51. The third kappa shape index (κ3) is 3.17. The van der Waals surface area contributed by atoms with Gasteiger partial charge in [0.05, 0.1) is 11.2 Å². The molecule has 2 aliphatic rings. The molecule has 1 aliphatic carbocycles. The Labute approximate surface area is 149 Å². The van der Waals surface area contributed by atoms with Crippen LogP contribution in [0.25, 0.3) is 10.9 Å². The lowest BCUT2D eigenvalue weighted by atomic mass is 9.66. The Morgan fingerprint density at radius 3 is 2.76 bits per heavy atom. The number of nitrogens with two attached hydrogens (primary N) is 1. The van der Waals surface area contributed by atoms with Gasteiger partial charge in [-0.05, 0) is 61.5 Å². The van der Waals surface area contributed by atoms with Crippen molar-refractivity contribution in [1.29, 1.82) is 0 Å². The number of fused-ring (bicyclic) bond motifs is 1. The molecule has 1 spiro atoms. The molecular weight excluding hydrogens is 312 g/mol. The minimum atomic E-state index is -0.237. The fraction of sp³-hybridized carbons (Fsp3) is 0.600. The average molecular weight is 340 g/mol. The number of rotatable bonds is 5. The van der Waals surface area contributed by atoms with Gasteiger partial charge in [0, 0.05) is 31.9 Å². The largest absolute Gasteiger partial charge is 0.370 e. The summed E-state index contributed by atoms with van der Waals surface area (Å²) in [6.45, 7) is 2.43. The highest BCUT2D eigenvalue weighted by Crippen LogP contribution is 2.45. The van der Waals surface area contributed by atoms with Gasteiger partial charge < -0.3 is 11.1 Å². The van der Waals surface area contributed by atoms with Crippen molar-refractivity contribution in [1.82, 2.24) is 15.1 Å². The van der Waals surface area contributed by atoms with E-state index >= 15 is 0 Å². The highest BCUT2D eigenvalue weighted by molar-refractivity contribution is 5.83. The molecule has 0 unspecified atom stereocenters. The molecule has 1 aromatic carbocycles. The van der Waals surface area contributed by atoms with Crippen molar-refractivity contribution in [3.63, 3.8) is 0 Å². The molecule has 2 aromatic rings. The van der Waals surface area contributed by atoms with Crippen molar-refractivity contribution in [2.24, 2.45) is 18.2 Å². The molecule has 0 bridgehead atoms. The lowest BCUT2D eigenvalue weighted by molar-refractivity contribution is -0.118. The van der Waals surface area contributed by atoms with Gasteiger partial charge in [0.25, 0.3) is 0 Å². The quantitative estimate of drug-likeness (QED) is 0.879. The molecule has 0 radical (unpaired) electrons. The molecular formula is C20H28N4O. The number of hydrogen-bond donors (Lipinski definition) is 2. The molecule has 25 heavy (non-hydrogen) atoms. The zero-order valence-electron chi connectivity index (χ0n) is 15.1. The molecule has 5 heteroatoms. The standard InChI is InChI=1S/C20H28N4O/c1-24-18-11-15(14-7-9-20(10-8-14)12-22-13-20)5-6-16(18)17(23-24)3-2-4-19(21)25/h5-6,11,14,22H,2-4,7-10,12-13H2,1H3,(H2,21,25). The Morgan fingerprint density at radius 1 is 1.36 bits per heavy atom. The van der Waals surface area contributed by atoms with Crippen LogP contribution in [0.15, 0.2) is 18.2 Å². The Kier molecular flexibility index (Phi) is 4.28. The number of nitrogens with zero attached hydrogens (tertiary/aromatic N) is 2. The Morgan fingerprint density at radius 2 is 2.12 bits per heavy atom. The number of amides is 1. The lowest BCUT2D eigenvalue weighted by Gasteiger charge is -2.47. The van der Waals surface area contributed by atoms with Crippen molar-refractivity contribution < 1.29 is 4.79 Å². The van der Waals surface area contributed by atoms with E-state index in [2.05, 4.69) is 28.6 Å². The lowest BCUT2D eigenvalue weighted by Crippen LogP contribution is -2.54. The molecule has 1 aliphatic heterocycles. The number of carbonyl (C=O) groups excluding carboxylic acids is 1. The van der Waals surface area contributed by atoms with Gasteiger partial charge in [-0.15, -0.1) is 0 Å². The van der Waals surface area contributed by atoms with Crippen LogP contribution in [-0.2, 0) is 18.3 Å². The third-order valence-electron chi connectivity index (χ3n) is 6.31. The number of aromatic nitrogens is 2. The molecule has 1 saturated carbocycles. The van der Waals surface area contributed by atoms with Gasteiger partial charge in [-0.25, -0.2) is 0 Å². The van der Waals surface area contributed by atoms with Crippen molar-refractivity contribution in [3.05, 3.63) is 29.5 Å². The summed E-state index contributed by atoms with van der Waals surface area (Å²) in [7, 11) is 2.01. The van der Waals surface area contributed by atoms with Crippen LogP contribution in [0.2, 0.25) is 0 Å². The Bertz CT molecular complexity index is 780. The summed E-state index contributed by atoms with van der Waals surface area (Å²) in [4.78, 5) is 10.9. The van der Waals surface area contributed by atoms with Crippen LogP contribution in [0.5, 0.6) is 0 Å². The van der Waals surface area contributed by atoms with E-state index in [-0.39, 0.29) is 5.91 Å². The van der Waals surface area contributed by atoms with Gasteiger partial charge in [-0.1, -0.05) is 12.1 Å². The SMILES string of the molecule is Cn1nc(CCCC(N)=O)c2ccc(C3CCC4(CC3)CNC4)cc21. The molecule has 1 amide bonds. The van der Waals surface area contributed by atoms with E-state index in [4.69, 9.17) is 5.73 Å². The number of benzene rings is 1. The summed E-state index contributed by atoms with van der Waals surface area (Å²) in [5, 5.41) is 9.33. The van der Waals surface area contributed by atoms with E-state index in [1.165, 1.54) is 55.2 Å². The zero-order valence-corrected chi connectivity index (χ0v) is 15.1.